The Labute approximate surface area is 492 Å². The second-order valence-corrected chi connectivity index (χ2v) is 24.7. The third kappa shape index (κ3) is 13.3. The lowest BCUT2D eigenvalue weighted by Gasteiger charge is -2.24. The van der Waals surface area contributed by atoms with Gasteiger partial charge < -0.3 is 45.6 Å². The fraction of sp³-hybridized carbons (Fsp3) is 0.281. The van der Waals surface area contributed by atoms with Crippen molar-refractivity contribution in [1.29, 1.82) is 0 Å². The highest BCUT2D eigenvalue weighted by atomic mass is 32.2. The van der Waals surface area contributed by atoms with Crippen LogP contribution in [0.1, 0.15) is 108 Å². The number of carboxylic acids is 1. The number of carboxylic acid groups (broad SMARTS) is 1. The number of anilines is 6. The molecule has 0 atom stereocenters. The molecular weight excluding hydrogens is 1120 g/mol. The van der Waals surface area contributed by atoms with Gasteiger partial charge in [0.1, 0.15) is 38.2 Å². The van der Waals surface area contributed by atoms with Crippen LogP contribution in [0.2, 0.25) is 0 Å². The average molecular weight is 1190 g/mol. The second-order valence-electron chi connectivity index (χ2n) is 21.9. The first kappa shape index (κ1) is 59.4. The van der Waals surface area contributed by atoms with Gasteiger partial charge in [-0.3, -0.25) is 9.11 Å². The van der Waals surface area contributed by atoms with Crippen molar-refractivity contribution >= 4 is 89.0 Å². The molecule has 21 heteroatoms. The second kappa shape index (κ2) is 24.4. The predicted molar refractivity (Wildman–Crippen MR) is 328 cm³/mol. The van der Waals surface area contributed by atoms with Crippen LogP contribution in [0.4, 0.5) is 49.4 Å². The number of hydrogen-bond donors (Lipinski definition) is 8. The van der Waals surface area contributed by atoms with Gasteiger partial charge in [0.15, 0.2) is 0 Å². The molecule has 2 fully saturated rings. The number of aryl methyl sites for hydroxylation is 4. The van der Waals surface area contributed by atoms with Crippen molar-refractivity contribution in [3.8, 4) is 33.9 Å². The number of amides is 4. The number of carbonyl (C=O) groups excluding carboxylic acids is 2. The third-order valence-corrected chi connectivity index (χ3v) is 17.5. The number of hydrogen-bond acceptors (Lipinski definition) is 12. The molecule has 0 spiro atoms. The molecule has 0 radical (unpaired) electrons. The van der Waals surface area contributed by atoms with Crippen molar-refractivity contribution in [3.63, 3.8) is 0 Å². The fourth-order valence-corrected chi connectivity index (χ4v) is 13.0. The molecule has 0 unspecified atom stereocenters. The summed E-state index contributed by atoms with van der Waals surface area (Å²) in [5, 5.41) is 25.0. The molecule has 3 aliphatic carbocycles. The SMILES string of the molecule is Cc1cc(C)c(NC(=O)Nc2ccc(OC3CCCCC3)c(C(=O)O)c2)c(C)c1N=c1cc2oc3cc(Nc4c(C)cc(C)c(NC(=O)Nc5ccc(OC6CCCCC6)cc5)c4C)ccc3c(-c3ccccc3S(=O)(=O)O)c-2cc1S(=O)(=O)O. The van der Waals surface area contributed by atoms with Gasteiger partial charge in [-0.1, -0.05) is 43.2 Å². The van der Waals surface area contributed by atoms with Crippen molar-refractivity contribution in [2.45, 2.75) is 128 Å². The van der Waals surface area contributed by atoms with Crippen molar-refractivity contribution in [3.05, 3.63) is 153 Å². The number of urea groups is 2. The summed E-state index contributed by atoms with van der Waals surface area (Å²) >= 11 is 0. The molecule has 19 nitrogen and oxygen atoms in total. The maximum Gasteiger partial charge on any atom is 0.339 e. The van der Waals surface area contributed by atoms with Crippen LogP contribution < -0.4 is 41.4 Å². The molecule has 85 heavy (non-hydrogen) atoms. The molecule has 1 aliphatic heterocycles. The van der Waals surface area contributed by atoms with Crippen molar-refractivity contribution in [1.82, 2.24) is 0 Å². The zero-order valence-electron chi connectivity index (χ0n) is 47.8. The first-order valence-corrected chi connectivity index (χ1v) is 31.0. The first-order chi connectivity index (χ1) is 40.5. The molecule has 0 saturated heterocycles. The van der Waals surface area contributed by atoms with Crippen molar-refractivity contribution < 1.29 is 59.3 Å². The minimum absolute atomic E-state index is 0.00134. The molecule has 10 rings (SSSR count). The number of fused-ring (bicyclic) bond motifs is 2. The summed E-state index contributed by atoms with van der Waals surface area (Å²) in [5.41, 5.74) is 7.20. The Morgan fingerprint density at radius 3 is 1.75 bits per heavy atom. The standard InChI is InChI=1S/C64H66N6O13S2/c1-35-29-37(3)60(69-63(73)66-41-21-25-46(26-22-41)81-44-15-9-7-10-16-44)39(5)58(35)65-43-23-27-47-53(32-43)83-54-34-51(56(85(78,79)80)33-49(54)57(47)48-19-13-14-20-55(48)84(75,76)77)68-59-36(2)30-38(4)61(40(59)6)70-64(74)67-42-24-28-52(50(31-42)62(71)72)82-45-17-11-8-12-18-45/h13-14,19-34,44-45,65H,7-12,15-18H2,1-6H3,(H,71,72)(H2,66,69,73)(H2,67,70,74)(H,75,76,77)(H,78,79,80). The van der Waals surface area contributed by atoms with Gasteiger partial charge in [0.25, 0.3) is 20.2 Å². The van der Waals surface area contributed by atoms with E-state index >= 15 is 0 Å². The summed E-state index contributed by atoms with van der Waals surface area (Å²) in [6, 6.07) is 27.3. The van der Waals surface area contributed by atoms with Crippen LogP contribution in [0.5, 0.6) is 11.5 Å². The molecule has 8 N–H and O–H groups in total. The third-order valence-electron chi connectivity index (χ3n) is 15.7. The number of aromatic carboxylic acids is 1. The van der Waals surface area contributed by atoms with Gasteiger partial charge in [0, 0.05) is 57.0 Å². The van der Waals surface area contributed by atoms with Crippen LogP contribution in [-0.4, -0.2) is 61.3 Å². The minimum atomic E-state index is -5.12. The monoisotopic (exact) mass is 1190 g/mol. The fourth-order valence-electron chi connectivity index (χ4n) is 11.6. The van der Waals surface area contributed by atoms with Gasteiger partial charge in [0.2, 0.25) is 0 Å². The number of rotatable bonds is 15. The highest BCUT2D eigenvalue weighted by Crippen LogP contribution is 2.45. The lowest BCUT2D eigenvalue weighted by Crippen LogP contribution is -2.22. The highest BCUT2D eigenvalue weighted by molar-refractivity contribution is 7.86. The van der Waals surface area contributed by atoms with E-state index in [2.05, 4.69) is 26.6 Å². The Kier molecular flexibility index (Phi) is 17.1. The van der Waals surface area contributed by atoms with Gasteiger partial charge in [-0.2, -0.15) is 16.8 Å². The van der Waals surface area contributed by atoms with E-state index in [1.165, 1.54) is 42.8 Å². The molecule has 0 aromatic heterocycles. The Morgan fingerprint density at radius 1 is 0.553 bits per heavy atom. The zero-order chi connectivity index (χ0) is 60.5. The maximum absolute atomic E-state index is 13.7. The number of nitrogens with zero attached hydrogens (tertiary/aromatic N) is 1. The van der Waals surface area contributed by atoms with Gasteiger partial charge in [-0.15, -0.1) is 0 Å². The zero-order valence-corrected chi connectivity index (χ0v) is 49.4. The van der Waals surface area contributed by atoms with Crippen LogP contribution in [0, 0.1) is 41.5 Å². The van der Waals surface area contributed by atoms with Gasteiger partial charge >= 0.3 is 18.0 Å². The molecule has 2 saturated carbocycles. The molecular formula is C64H66N6O13S2. The van der Waals surface area contributed by atoms with E-state index in [1.54, 1.807) is 69.3 Å². The van der Waals surface area contributed by atoms with E-state index in [-0.39, 0.29) is 68.3 Å². The van der Waals surface area contributed by atoms with Gasteiger partial charge in [-0.25, -0.2) is 19.4 Å². The van der Waals surface area contributed by atoms with Crippen molar-refractivity contribution in [2.75, 3.05) is 26.6 Å². The topological polar surface area (TPSA) is 284 Å². The Morgan fingerprint density at radius 2 is 1.12 bits per heavy atom. The summed E-state index contributed by atoms with van der Waals surface area (Å²) in [5.74, 6) is -0.272. The van der Waals surface area contributed by atoms with E-state index in [4.69, 9.17) is 18.9 Å². The summed E-state index contributed by atoms with van der Waals surface area (Å²) in [6.45, 7) is 10.8. The van der Waals surface area contributed by atoms with Gasteiger partial charge in [0.05, 0.1) is 34.6 Å². The molecule has 442 valence electrons. The van der Waals surface area contributed by atoms with Crippen LogP contribution >= 0.6 is 0 Å². The number of carbonyl (C=O) groups is 3. The van der Waals surface area contributed by atoms with Crippen molar-refractivity contribution in [2.24, 2.45) is 4.99 Å². The average Bonchev–Trinajstić information content (AvgIpc) is 0.932. The molecule has 6 aromatic carbocycles. The quantitative estimate of drug-likeness (QED) is 0.0350. The summed E-state index contributed by atoms with van der Waals surface area (Å²) in [4.78, 5) is 43.2. The first-order valence-electron chi connectivity index (χ1n) is 28.1. The smallest absolute Gasteiger partial charge is 0.339 e. The van der Waals surface area contributed by atoms with E-state index in [9.17, 15) is 45.4 Å². The Balaban J connectivity index is 1.00. The highest BCUT2D eigenvalue weighted by Gasteiger charge is 2.28. The number of ether oxygens (including phenoxy) is 2. The normalized spacial score (nSPS) is 14.5. The van der Waals surface area contributed by atoms with E-state index in [0.717, 1.165) is 80.7 Å². The number of nitrogens with one attached hydrogen (secondary N) is 5. The van der Waals surface area contributed by atoms with Crippen LogP contribution in [-0.2, 0) is 20.2 Å². The van der Waals surface area contributed by atoms with E-state index in [1.807, 2.05) is 39.0 Å². The van der Waals surface area contributed by atoms with Crippen LogP contribution in [0.15, 0.2) is 128 Å². The molecule has 4 amide bonds. The summed E-state index contributed by atoms with van der Waals surface area (Å²) in [7, 11) is -10.0. The lowest BCUT2D eigenvalue weighted by atomic mass is 9.93. The lowest BCUT2D eigenvalue weighted by molar-refractivity contribution is 0.0686. The van der Waals surface area contributed by atoms with Crippen LogP contribution in [0.25, 0.3) is 33.4 Å². The van der Waals surface area contributed by atoms with E-state index < -0.39 is 48.1 Å². The largest absolute Gasteiger partial charge is 0.490 e. The number of benzene rings is 7. The molecule has 6 aromatic rings. The van der Waals surface area contributed by atoms with E-state index in [0.29, 0.717) is 56.1 Å². The summed E-state index contributed by atoms with van der Waals surface area (Å²) in [6.07, 6.45) is 10.4. The Bertz CT molecular complexity index is 4230. The van der Waals surface area contributed by atoms with Gasteiger partial charge in [-0.05, 0) is 193 Å². The minimum Gasteiger partial charge on any atom is -0.490 e. The predicted octanol–water partition coefficient (Wildman–Crippen LogP) is 14.9. The molecule has 0 bridgehead atoms. The molecule has 1 heterocycles. The summed E-state index contributed by atoms with van der Waals surface area (Å²) < 4.78 is 93.5. The maximum atomic E-state index is 13.7. The molecule has 4 aliphatic rings. The van der Waals surface area contributed by atoms with Crippen LogP contribution in [0.3, 0.4) is 0 Å². The Hall–Kier alpha value is -8.76.